The first kappa shape index (κ1) is 9.77. The van der Waals surface area contributed by atoms with Crippen molar-refractivity contribution in [1.29, 1.82) is 0 Å². The molecule has 0 aliphatic rings. The highest BCUT2D eigenvalue weighted by atomic mass is 15.3. The Morgan fingerprint density at radius 2 is 2.07 bits per heavy atom. The van der Waals surface area contributed by atoms with Gasteiger partial charge in [0.2, 0.25) is 0 Å². The second kappa shape index (κ2) is 3.77. The van der Waals surface area contributed by atoms with E-state index >= 15 is 0 Å². The Hall–Kier alpha value is -1.77. The van der Waals surface area contributed by atoms with Crippen molar-refractivity contribution in [3.63, 3.8) is 0 Å². The first-order chi connectivity index (χ1) is 7.18. The Bertz CT molecular complexity index is 471. The quantitative estimate of drug-likeness (QED) is 0.808. The van der Waals surface area contributed by atoms with E-state index in [0.29, 0.717) is 5.82 Å². The van der Waals surface area contributed by atoms with Gasteiger partial charge in [0.05, 0.1) is 12.7 Å². The van der Waals surface area contributed by atoms with Crippen molar-refractivity contribution in [2.45, 2.75) is 20.4 Å². The molecule has 15 heavy (non-hydrogen) atoms. The van der Waals surface area contributed by atoms with Crippen molar-refractivity contribution in [2.75, 3.05) is 5.73 Å². The van der Waals surface area contributed by atoms with Crippen LogP contribution in [0, 0.1) is 13.8 Å². The van der Waals surface area contributed by atoms with Crippen molar-refractivity contribution in [1.82, 2.24) is 9.78 Å². The minimum atomic E-state index is 0.705. The fraction of sp³-hybridized carbons (Fsp3) is 0.250. The minimum Gasteiger partial charge on any atom is -0.384 e. The normalized spacial score (nSPS) is 10.5. The highest BCUT2D eigenvalue weighted by Crippen LogP contribution is 2.14. The zero-order valence-electron chi connectivity index (χ0n) is 9.07. The van der Waals surface area contributed by atoms with Crippen molar-refractivity contribution in [3.8, 4) is 0 Å². The third-order valence-electron chi connectivity index (χ3n) is 2.79. The van der Waals surface area contributed by atoms with E-state index in [1.807, 2.05) is 10.7 Å². The largest absolute Gasteiger partial charge is 0.384 e. The fourth-order valence-corrected chi connectivity index (χ4v) is 1.62. The van der Waals surface area contributed by atoms with Gasteiger partial charge in [-0.2, -0.15) is 5.10 Å². The lowest BCUT2D eigenvalue weighted by atomic mass is 10.0. The number of aromatic nitrogens is 2. The fourth-order valence-electron chi connectivity index (χ4n) is 1.62. The maximum absolute atomic E-state index is 5.78. The molecule has 0 amide bonds. The summed E-state index contributed by atoms with van der Waals surface area (Å²) < 4.78 is 1.81. The molecule has 3 heteroatoms. The van der Waals surface area contributed by atoms with Gasteiger partial charge in [-0.25, -0.2) is 4.68 Å². The number of hydrogen-bond donors (Lipinski definition) is 1. The molecule has 3 nitrogen and oxygen atoms in total. The van der Waals surface area contributed by atoms with Gasteiger partial charge < -0.3 is 5.73 Å². The average Bonchev–Trinajstić information content (AvgIpc) is 2.60. The molecule has 2 N–H and O–H groups in total. The van der Waals surface area contributed by atoms with Crippen LogP contribution in [0.15, 0.2) is 30.5 Å². The van der Waals surface area contributed by atoms with Gasteiger partial charge in [-0.05, 0) is 36.6 Å². The highest BCUT2D eigenvalue weighted by Gasteiger charge is 2.03. The van der Waals surface area contributed by atoms with E-state index in [2.05, 4.69) is 37.1 Å². The van der Waals surface area contributed by atoms with Crippen molar-refractivity contribution < 1.29 is 0 Å². The number of rotatable bonds is 2. The molecular weight excluding hydrogens is 186 g/mol. The number of anilines is 1. The van der Waals surface area contributed by atoms with E-state index in [9.17, 15) is 0 Å². The molecule has 1 aromatic heterocycles. The number of hydrogen-bond acceptors (Lipinski definition) is 2. The minimum absolute atomic E-state index is 0.705. The Kier molecular flexibility index (Phi) is 2.46. The third-order valence-corrected chi connectivity index (χ3v) is 2.79. The number of nitrogens with two attached hydrogens (primary N) is 1. The van der Waals surface area contributed by atoms with Gasteiger partial charge in [0.15, 0.2) is 0 Å². The van der Waals surface area contributed by atoms with E-state index in [1.165, 1.54) is 16.7 Å². The maximum Gasteiger partial charge on any atom is 0.122 e. The zero-order chi connectivity index (χ0) is 10.8. The van der Waals surface area contributed by atoms with Crippen LogP contribution < -0.4 is 5.73 Å². The molecular formula is C12H15N3. The summed E-state index contributed by atoms with van der Waals surface area (Å²) in [6, 6.07) is 8.11. The lowest BCUT2D eigenvalue weighted by Gasteiger charge is -2.09. The van der Waals surface area contributed by atoms with E-state index in [1.54, 1.807) is 6.20 Å². The van der Waals surface area contributed by atoms with Crippen LogP contribution in [0.25, 0.3) is 0 Å². The SMILES string of the molecule is Cc1cccc(Cn2nccc2N)c1C. The van der Waals surface area contributed by atoms with E-state index < -0.39 is 0 Å². The predicted octanol–water partition coefficient (Wildman–Crippen LogP) is 2.13. The molecule has 0 unspecified atom stereocenters. The summed E-state index contributed by atoms with van der Waals surface area (Å²) in [4.78, 5) is 0. The second-order valence-corrected chi connectivity index (χ2v) is 3.77. The first-order valence-electron chi connectivity index (χ1n) is 5.01. The van der Waals surface area contributed by atoms with Crippen LogP contribution in [-0.2, 0) is 6.54 Å². The molecule has 0 bridgehead atoms. The molecule has 2 aromatic rings. The predicted molar refractivity (Wildman–Crippen MR) is 61.7 cm³/mol. The molecule has 0 radical (unpaired) electrons. The summed E-state index contributed by atoms with van der Waals surface area (Å²) in [6.07, 6.45) is 1.72. The van der Waals surface area contributed by atoms with Crippen LogP contribution in [0.1, 0.15) is 16.7 Å². The van der Waals surface area contributed by atoms with Gasteiger partial charge in [-0.1, -0.05) is 18.2 Å². The Morgan fingerprint density at radius 3 is 2.73 bits per heavy atom. The lowest BCUT2D eigenvalue weighted by Crippen LogP contribution is -2.07. The molecule has 2 rings (SSSR count). The molecule has 0 spiro atoms. The Morgan fingerprint density at radius 1 is 1.27 bits per heavy atom. The molecule has 0 saturated carbocycles. The van der Waals surface area contributed by atoms with Crippen LogP contribution in [-0.4, -0.2) is 9.78 Å². The topological polar surface area (TPSA) is 43.8 Å². The van der Waals surface area contributed by atoms with E-state index in [4.69, 9.17) is 5.73 Å². The van der Waals surface area contributed by atoms with E-state index in [0.717, 1.165) is 6.54 Å². The number of nitrogens with zero attached hydrogens (tertiary/aromatic N) is 2. The summed E-state index contributed by atoms with van der Waals surface area (Å²) in [5.41, 5.74) is 9.66. The summed E-state index contributed by atoms with van der Waals surface area (Å²) in [5.74, 6) is 0.705. The molecule has 78 valence electrons. The van der Waals surface area contributed by atoms with Crippen molar-refractivity contribution in [3.05, 3.63) is 47.2 Å². The smallest absolute Gasteiger partial charge is 0.122 e. The van der Waals surface area contributed by atoms with Crippen LogP contribution in [0.2, 0.25) is 0 Å². The van der Waals surface area contributed by atoms with Crippen molar-refractivity contribution in [2.24, 2.45) is 0 Å². The number of nitrogen functional groups attached to an aromatic ring is 1. The molecule has 0 saturated heterocycles. The molecule has 0 aliphatic heterocycles. The average molecular weight is 201 g/mol. The molecule has 0 atom stereocenters. The summed E-state index contributed by atoms with van der Waals surface area (Å²) in [7, 11) is 0. The lowest BCUT2D eigenvalue weighted by molar-refractivity contribution is 0.693. The standard InChI is InChI=1S/C12H15N3/c1-9-4-3-5-11(10(9)2)8-15-12(13)6-7-14-15/h3-7H,8,13H2,1-2H3. The van der Waals surface area contributed by atoms with Crippen molar-refractivity contribution >= 4 is 5.82 Å². The van der Waals surface area contributed by atoms with Crippen LogP contribution in [0.3, 0.4) is 0 Å². The number of aryl methyl sites for hydroxylation is 1. The van der Waals surface area contributed by atoms with Gasteiger partial charge in [-0.3, -0.25) is 0 Å². The van der Waals surface area contributed by atoms with Gasteiger partial charge in [0, 0.05) is 0 Å². The third kappa shape index (κ3) is 1.86. The zero-order valence-corrected chi connectivity index (χ0v) is 9.07. The summed E-state index contributed by atoms with van der Waals surface area (Å²) in [6.45, 7) is 4.99. The van der Waals surface area contributed by atoms with Gasteiger partial charge in [-0.15, -0.1) is 0 Å². The van der Waals surface area contributed by atoms with Crippen LogP contribution in [0.5, 0.6) is 0 Å². The molecule has 0 aliphatic carbocycles. The molecule has 1 aromatic carbocycles. The van der Waals surface area contributed by atoms with Gasteiger partial charge in [0.25, 0.3) is 0 Å². The second-order valence-electron chi connectivity index (χ2n) is 3.77. The van der Waals surface area contributed by atoms with Gasteiger partial charge >= 0.3 is 0 Å². The highest BCUT2D eigenvalue weighted by molar-refractivity contribution is 5.35. The maximum atomic E-state index is 5.78. The molecule has 1 heterocycles. The van der Waals surface area contributed by atoms with E-state index in [-0.39, 0.29) is 0 Å². The Labute approximate surface area is 89.5 Å². The first-order valence-corrected chi connectivity index (χ1v) is 5.01. The summed E-state index contributed by atoms with van der Waals surface area (Å²) in [5, 5.41) is 4.17. The summed E-state index contributed by atoms with van der Waals surface area (Å²) >= 11 is 0. The monoisotopic (exact) mass is 201 g/mol. The van der Waals surface area contributed by atoms with Crippen LogP contribution in [0.4, 0.5) is 5.82 Å². The van der Waals surface area contributed by atoms with Gasteiger partial charge in [0.1, 0.15) is 5.82 Å². The number of benzene rings is 1. The van der Waals surface area contributed by atoms with Crippen LogP contribution >= 0.6 is 0 Å². The molecule has 0 fully saturated rings. The Balaban J connectivity index is 2.33.